The fourth-order valence-corrected chi connectivity index (χ4v) is 0.355. The predicted octanol–water partition coefficient (Wildman–Crippen LogP) is 0.297. The van der Waals surface area contributed by atoms with Gasteiger partial charge in [0.2, 0.25) is 0 Å². The topological polar surface area (TPSA) is 37.3 Å². The summed E-state index contributed by atoms with van der Waals surface area (Å²) < 4.78 is 0. The summed E-state index contributed by atoms with van der Waals surface area (Å²) in [6.45, 7) is -0.0207. The van der Waals surface area contributed by atoms with Gasteiger partial charge in [0.15, 0.2) is 0 Å². The molecule has 0 saturated heterocycles. The van der Waals surface area contributed by atoms with Gasteiger partial charge in [0, 0.05) is 0 Å². The molecule has 0 aromatic carbocycles. The first kappa shape index (κ1) is 10.2. The highest BCUT2D eigenvalue weighted by Crippen LogP contribution is 1.66. The molecule has 0 saturated carbocycles. The van der Waals surface area contributed by atoms with Gasteiger partial charge in [-0.3, -0.25) is 4.79 Å². The summed E-state index contributed by atoms with van der Waals surface area (Å²) in [4.78, 5) is 9.75. The maximum absolute atomic E-state index is 9.75. The molecule has 0 atom stereocenters. The average Bonchev–Trinajstić information content (AvgIpc) is 2.10. The number of carbonyl (C=O) groups excluding carboxylic acids is 1. The molecule has 0 aliphatic heterocycles. The molecule has 1 N–H and O–H groups in total. The van der Waals surface area contributed by atoms with Crippen LogP contribution in [0.1, 0.15) is 0 Å². The van der Waals surface area contributed by atoms with Gasteiger partial charge >= 0.3 is 0 Å². The van der Waals surface area contributed by atoms with Crippen molar-refractivity contribution in [3.8, 4) is 23.7 Å². The normalized spacial score (nSPS) is 8.75. The maximum atomic E-state index is 9.75. The van der Waals surface area contributed by atoms with Crippen LogP contribution in [-0.4, -0.2) is 18.0 Å². The minimum Gasteiger partial charge on any atom is -0.392 e. The van der Waals surface area contributed by atoms with Crippen LogP contribution in [0.2, 0.25) is 0 Å². The molecule has 0 radical (unpaired) electrons. The van der Waals surface area contributed by atoms with Crippen LogP contribution >= 0.6 is 0 Å². The third-order valence-electron chi connectivity index (χ3n) is 0.772. The standard InChI is InChI=1S/C10H8O2/c11-9-7-5-3-1-2-4-6-8-10-12/h5-9,12H,10H2. The number of carbonyl (C=O) groups is 1. The van der Waals surface area contributed by atoms with Crippen LogP contribution < -0.4 is 0 Å². The fraction of sp³-hybridized carbons (Fsp3) is 0.100. The van der Waals surface area contributed by atoms with E-state index in [1.165, 1.54) is 24.3 Å². The van der Waals surface area contributed by atoms with Crippen molar-refractivity contribution in [3.63, 3.8) is 0 Å². The quantitative estimate of drug-likeness (QED) is 0.358. The first-order chi connectivity index (χ1) is 5.91. The van der Waals surface area contributed by atoms with E-state index < -0.39 is 0 Å². The van der Waals surface area contributed by atoms with Gasteiger partial charge in [0.25, 0.3) is 0 Å². The summed E-state index contributed by atoms with van der Waals surface area (Å²) in [5, 5.41) is 8.30. The van der Waals surface area contributed by atoms with Crippen molar-refractivity contribution in [2.75, 3.05) is 6.61 Å². The van der Waals surface area contributed by atoms with Gasteiger partial charge < -0.3 is 5.11 Å². The Balaban J connectivity index is 3.81. The third kappa shape index (κ3) is 8.23. The van der Waals surface area contributed by atoms with Gasteiger partial charge in [-0.1, -0.05) is 17.9 Å². The number of hydrogen-bond acceptors (Lipinski definition) is 2. The molecule has 2 heteroatoms. The van der Waals surface area contributed by atoms with Crippen molar-refractivity contribution < 1.29 is 9.90 Å². The van der Waals surface area contributed by atoms with E-state index in [2.05, 4.69) is 23.7 Å². The van der Waals surface area contributed by atoms with Crippen molar-refractivity contribution in [2.45, 2.75) is 0 Å². The van der Waals surface area contributed by atoms with Crippen molar-refractivity contribution >= 4 is 6.29 Å². The summed E-state index contributed by atoms with van der Waals surface area (Å²) in [7, 11) is 0. The van der Waals surface area contributed by atoms with E-state index in [4.69, 9.17) is 5.11 Å². The first-order valence-electron chi connectivity index (χ1n) is 3.29. The molecular formula is C10H8O2. The highest BCUT2D eigenvalue weighted by Gasteiger charge is 1.60. The van der Waals surface area contributed by atoms with Crippen LogP contribution in [0.4, 0.5) is 0 Å². The lowest BCUT2D eigenvalue weighted by molar-refractivity contribution is -0.104. The zero-order chi connectivity index (χ0) is 9.07. The molecule has 0 aliphatic rings. The lowest BCUT2D eigenvalue weighted by Crippen LogP contribution is -1.67. The molecule has 0 amide bonds. The van der Waals surface area contributed by atoms with E-state index in [0.717, 1.165) is 0 Å². The molecule has 0 aromatic heterocycles. The summed E-state index contributed by atoms with van der Waals surface area (Å²) in [5.41, 5.74) is 0. The molecule has 0 rings (SSSR count). The zero-order valence-corrected chi connectivity index (χ0v) is 6.45. The van der Waals surface area contributed by atoms with Gasteiger partial charge in [-0.15, -0.1) is 0 Å². The minimum absolute atomic E-state index is 0.0207. The number of aldehydes is 1. The number of aliphatic hydroxyl groups is 1. The summed E-state index contributed by atoms with van der Waals surface area (Å²) in [5.74, 6) is 10.1. The van der Waals surface area contributed by atoms with Crippen LogP contribution in [0.5, 0.6) is 0 Å². The third-order valence-corrected chi connectivity index (χ3v) is 0.772. The molecule has 60 valence electrons. The Morgan fingerprint density at radius 1 is 1.17 bits per heavy atom. The Morgan fingerprint density at radius 2 is 1.83 bits per heavy atom. The molecule has 0 fully saturated rings. The fourth-order valence-electron chi connectivity index (χ4n) is 0.355. The number of aliphatic hydroxyl groups excluding tert-OH is 1. The van der Waals surface area contributed by atoms with E-state index in [0.29, 0.717) is 6.29 Å². The molecule has 2 nitrogen and oxygen atoms in total. The van der Waals surface area contributed by atoms with Crippen LogP contribution in [0.25, 0.3) is 0 Å². The van der Waals surface area contributed by atoms with Crippen LogP contribution in [0, 0.1) is 23.7 Å². The summed E-state index contributed by atoms with van der Waals surface area (Å²) in [6.07, 6.45) is 6.37. The van der Waals surface area contributed by atoms with E-state index in [1.54, 1.807) is 0 Å². The highest BCUT2D eigenvalue weighted by atomic mass is 16.2. The number of hydrogen-bond donors (Lipinski definition) is 1. The zero-order valence-electron chi connectivity index (χ0n) is 6.45. The van der Waals surface area contributed by atoms with Crippen molar-refractivity contribution in [1.82, 2.24) is 0 Å². The molecule has 0 aromatic rings. The smallest absolute Gasteiger partial charge is 0.143 e. The van der Waals surface area contributed by atoms with E-state index >= 15 is 0 Å². The second-order valence-electron chi connectivity index (χ2n) is 1.62. The number of rotatable bonds is 2. The molecule has 12 heavy (non-hydrogen) atoms. The first-order valence-corrected chi connectivity index (χ1v) is 3.29. The highest BCUT2D eigenvalue weighted by molar-refractivity contribution is 5.65. The monoisotopic (exact) mass is 160 g/mol. The summed E-state index contributed by atoms with van der Waals surface area (Å²) >= 11 is 0. The second kappa shape index (κ2) is 9.23. The molecule has 0 spiro atoms. The molecular weight excluding hydrogens is 152 g/mol. The molecule has 0 heterocycles. The molecule has 0 unspecified atom stereocenters. The minimum atomic E-state index is -0.0207. The second-order valence-corrected chi connectivity index (χ2v) is 1.62. The van der Waals surface area contributed by atoms with E-state index in [9.17, 15) is 4.79 Å². The van der Waals surface area contributed by atoms with Crippen LogP contribution in [0.15, 0.2) is 24.3 Å². The van der Waals surface area contributed by atoms with Gasteiger partial charge in [-0.05, 0) is 30.1 Å². The average molecular weight is 160 g/mol. The van der Waals surface area contributed by atoms with Crippen molar-refractivity contribution in [2.24, 2.45) is 0 Å². The SMILES string of the molecule is O=CC=CC#CC#CC=CCO. The van der Waals surface area contributed by atoms with Gasteiger partial charge in [-0.25, -0.2) is 0 Å². The Kier molecular flexibility index (Phi) is 7.87. The molecule has 0 aliphatic carbocycles. The number of allylic oxidation sites excluding steroid dienone is 3. The van der Waals surface area contributed by atoms with E-state index in [1.807, 2.05) is 0 Å². The Morgan fingerprint density at radius 3 is 2.42 bits per heavy atom. The molecule has 0 bridgehead atoms. The van der Waals surface area contributed by atoms with Gasteiger partial charge in [-0.2, -0.15) is 0 Å². The Labute approximate surface area is 71.6 Å². The van der Waals surface area contributed by atoms with Gasteiger partial charge in [0.05, 0.1) is 6.61 Å². The van der Waals surface area contributed by atoms with Gasteiger partial charge in [0.1, 0.15) is 6.29 Å². The Bertz CT molecular complexity index is 289. The van der Waals surface area contributed by atoms with Crippen molar-refractivity contribution in [1.29, 1.82) is 0 Å². The van der Waals surface area contributed by atoms with E-state index in [-0.39, 0.29) is 6.61 Å². The predicted molar refractivity (Wildman–Crippen MR) is 47.0 cm³/mol. The lowest BCUT2D eigenvalue weighted by Gasteiger charge is -1.68. The maximum Gasteiger partial charge on any atom is 0.143 e. The van der Waals surface area contributed by atoms with Crippen LogP contribution in [0.3, 0.4) is 0 Å². The summed E-state index contributed by atoms with van der Waals surface area (Å²) in [6, 6.07) is 0. The lowest BCUT2D eigenvalue weighted by atomic mass is 10.4. The largest absolute Gasteiger partial charge is 0.392 e. The van der Waals surface area contributed by atoms with Crippen molar-refractivity contribution in [3.05, 3.63) is 24.3 Å². The van der Waals surface area contributed by atoms with Crippen LogP contribution in [-0.2, 0) is 4.79 Å². The Hall–Kier alpha value is -1.77.